The molecule has 0 saturated heterocycles. The van der Waals surface area contributed by atoms with E-state index in [1.807, 2.05) is 0 Å². The number of ether oxygens (including phenoxy) is 1. The summed E-state index contributed by atoms with van der Waals surface area (Å²) in [7, 11) is 0. The lowest BCUT2D eigenvalue weighted by Crippen LogP contribution is -2.60. The van der Waals surface area contributed by atoms with Crippen LogP contribution in [0.5, 0.6) is 0 Å². The van der Waals surface area contributed by atoms with Crippen molar-refractivity contribution in [2.45, 2.75) is 58.0 Å². The van der Waals surface area contributed by atoms with Gasteiger partial charge >= 0.3 is 5.97 Å². The van der Waals surface area contributed by atoms with Crippen LogP contribution in [0.25, 0.3) is 0 Å². The second kappa shape index (κ2) is 4.33. The summed E-state index contributed by atoms with van der Waals surface area (Å²) in [6.45, 7) is 8.26. The lowest BCUT2D eigenvalue weighted by molar-refractivity contribution is -0.207. The molecule has 3 nitrogen and oxygen atoms in total. The van der Waals surface area contributed by atoms with Crippen LogP contribution in [0.1, 0.15) is 52.4 Å². The number of rotatable bonds is 4. The molecule has 4 fully saturated rings. The Bertz CT molecular complexity index is 424. The van der Waals surface area contributed by atoms with Crippen molar-refractivity contribution in [3.63, 3.8) is 0 Å². The highest BCUT2D eigenvalue weighted by Gasteiger charge is 2.61. The highest BCUT2D eigenvalue weighted by Crippen LogP contribution is 2.67. The fraction of sp³-hybridized carbons (Fsp3) is 0.824. The fourth-order valence-corrected chi connectivity index (χ4v) is 5.47. The standard InChI is InChI=1S/C17H26O3/c1-4-14(18)20-11-15(2,3)16-6-12-5-13(7-16)9-17(19,8-12)10-16/h4,12-13,19H,1,5-11H2,2-3H3. The van der Waals surface area contributed by atoms with Gasteiger partial charge in [-0.15, -0.1) is 0 Å². The van der Waals surface area contributed by atoms with Gasteiger partial charge in [-0.1, -0.05) is 20.4 Å². The van der Waals surface area contributed by atoms with Gasteiger partial charge < -0.3 is 9.84 Å². The first-order valence-corrected chi connectivity index (χ1v) is 7.79. The number of carbonyl (C=O) groups excluding carboxylic acids is 1. The second-order valence-electron chi connectivity index (χ2n) is 8.16. The third-order valence-electron chi connectivity index (χ3n) is 6.21. The summed E-state index contributed by atoms with van der Waals surface area (Å²) >= 11 is 0. The van der Waals surface area contributed by atoms with Gasteiger partial charge in [-0.25, -0.2) is 4.79 Å². The van der Waals surface area contributed by atoms with Gasteiger partial charge in [-0.05, 0) is 55.8 Å². The Hall–Kier alpha value is -0.830. The van der Waals surface area contributed by atoms with Gasteiger partial charge in [0.05, 0.1) is 12.2 Å². The smallest absolute Gasteiger partial charge is 0.330 e. The van der Waals surface area contributed by atoms with Crippen molar-refractivity contribution in [3.05, 3.63) is 12.7 Å². The average molecular weight is 278 g/mol. The Labute approximate surface area is 121 Å². The molecule has 4 aliphatic rings. The zero-order valence-corrected chi connectivity index (χ0v) is 12.7. The summed E-state index contributed by atoms with van der Waals surface area (Å²) in [6, 6.07) is 0. The van der Waals surface area contributed by atoms with Crippen LogP contribution in [0, 0.1) is 22.7 Å². The van der Waals surface area contributed by atoms with Gasteiger partial charge in [0.15, 0.2) is 0 Å². The molecule has 0 aromatic rings. The molecule has 3 heteroatoms. The summed E-state index contributed by atoms with van der Waals surface area (Å²) < 4.78 is 5.34. The van der Waals surface area contributed by atoms with Gasteiger partial charge in [-0.2, -0.15) is 0 Å². The van der Waals surface area contributed by atoms with E-state index in [-0.39, 0.29) is 16.8 Å². The number of carbonyl (C=O) groups is 1. The van der Waals surface area contributed by atoms with Crippen molar-refractivity contribution in [1.82, 2.24) is 0 Å². The van der Waals surface area contributed by atoms with E-state index in [4.69, 9.17) is 4.74 Å². The SMILES string of the molecule is C=CC(=O)OCC(C)(C)C12CC3CC(CC(O)(C3)C1)C2. The summed E-state index contributed by atoms with van der Waals surface area (Å²) in [4.78, 5) is 11.4. The van der Waals surface area contributed by atoms with Crippen molar-refractivity contribution >= 4 is 5.97 Å². The van der Waals surface area contributed by atoms with Gasteiger partial charge in [-0.3, -0.25) is 0 Å². The van der Waals surface area contributed by atoms with Gasteiger partial charge in [0, 0.05) is 11.5 Å². The minimum Gasteiger partial charge on any atom is -0.462 e. The van der Waals surface area contributed by atoms with Crippen molar-refractivity contribution in [1.29, 1.82) is 0 Å². The highest BCUT2D eigenvalue weighted by molar-refractivity contribution is 5.81. The molecule has 20 heavy (non-hydrogen) atoms. The minimum atomic E-state index is -0.455. The van der Waals surface area contributed by atoms with Crippen LogP contribution in [-0.4, -0.2) is 23.3 Å². The number of hydrogen-bond acceptors (Lipinski definition) is 3. The van der Waals surface area contributed by atoms with E-state index < -0.39 is 5.60 Å². The maximum absolute atomic E-state index is 11.4. The van der Waals surface area contributed by atoms with Crippen LogP contribution >= 0.6 is 0 Å². The van der Waals surface area contributed by atoms with Crippen molar-refractivity contribution in [2.24, 2.45) is 22.7 Å². The Balaban J connectivity index is 1.81. The van der Waals surface area contributed by atoms with Crippen molar-refractivity contribution in [2.75, 3.05) is 6.61 Å². The van der Waals surface area contributed by atoms with Crippen LogP contribution in [0.4, 0.5) is 0 Å². The molecule has 4 rings (SSSR count). The molecule has 2 unspecified atom stereocenters. The Kier molecular flexibility index (Phi) is 3.06. The first-order chi connectivity index (χ1) is 9.28. The van der Waals surface area contributed by atoms with E-state index in [2.05, 4.69) is 20.4 Å². The molecule has 0 aromatic carbocycles. The molecule has 0 amide bonds. The molecule has 1 N–H and O–H groups in total. The molecular formula is C17H26O3. The maximum atomic E-state index is 11.4. The average Bonchev–Trinajstić information content (AvgIpc) is 2.32. The van der Waals surface area contributed by atoms with Gasteiger partial charge in [0.25, 0.3) is 0 Å². The topological polar surface area (TPSA) is 46.5 Å². The van der Waals surface area contributed by atoms with E-state index in [9.17, 15) is 9.90 Å². The van der Waals surface area contributed by atoms with Crippen LogP contribution in [0.2, 0.25) is 0 Å². The first kappa shape index (κ1) is 14.1. The van der Waals surface area contributed by atoms with E-state index >= 15 is 0 Å². The summed E-state index contributed by atoms with van der Waals surface area (Å²) in [5, 5.41) is 10.8. The number of hydrogen-bond donors (Lipinski definition) is 1. The van der Waals surface area contributed by atoms with Crippen LogP contribution in [0.3, 0.4) is 0 Å². The molecule has 4 saturated carbocycles. The predicted octanol–water partition coefficient (Wildman–Crippen LogP) is 3.07. The molecule has 0 heterocycles. The first-order valence-electron chi connectivity index (χ1n) is 7.79. The summed E-state index contributed by atoms with van der Waals surface area (Å²) in [6.07, 6.45) is 7.72. The molecule has 112 valence electrons. The molecule has 0 radical (unpaired) electrons. The van der Waals surface area contributed by atoms with Crippen LogP contribution in [0.15, 0.2) is 12.7 Å². The third-order valence-corrected chi connectivity index (χ3v) is 6.21. The second-order valence-corrected chi connectivity index (χ2v) is 8.16. The Morgan fingerprint density at radius 3 is 2.45 bits per heavy atom. The van der Waals surface area contributed by atoms with E-state index in [1.54, 1.807) is 0 Å². The molecule has 0 aliphatic heterocycles. The molecule has 2 atom stereocenters. The van der Waals surface area contributed by atoms with E-state index in [0.29, 0.717) is 18.4 Å². The lowest BCUT2D eigenvalue weighted by atomic mass is 9.42. The van der Waals surface area contributed by atoms with Crippen molar-refractivity contribution < 1.29 is 14.6 Å². The van der Waals surface area contributed by atoms with Crippen LogP contribution < -0.4 is 0 Å². The third kappa shape index (κ3) is 2.11. The fourth-order valence-electron chi connectivity index (χ4n) is 5.47. The summed E-state index contributed by atoms with van der Waals surface area (Å²) in [5.74, 6) is 0.979. The number of esters is 1. The Morgan fingerprint density at radius 2 is 1.95 bits per heavy atom. The molecule has 0 aromatic heterocycles. The van der Waals surface area contributed by atoms with E-state index in [1.165, 1.54) is 25.3 Å². The van der Waals surface area contributed by atoms with Crippen LogP contribution in [-0.2, 0) is 9.53 Å². The largest absolute Gasteiger partial charge is 0.462 e. The molecule has 4 aliphatic carbocycles. The molecule has 0 spiro atoms. The quantitative estimate of drug-likeness (QED) is 0.635. The molecule has 4 bridgehead atoms. The normalized spacial score (nSPS) is 42.5. The predicted molar refractivity (Wildman–Crippen MR) is 77.0 cm³/mol. The minimum absolute atomic E-state index is 0.0859. The number of aliphatic hydroxyl groups is 1. The maximum Gasteiger partial charge on any atom is 0.330 e. The Morgan fingerprint density at radius 1 is 1.35 bits per heavy atom. The zero-order chi connectivity index (χ0) is 14.6. The zero-order valence-electron chi connectivity index (χ0n) is 12.7. The highest BCUT2D eigenvalue weighted by atomic mass is 16.5. The van der Waals surface area contributed by atoms with Gasteiger partial charge in [0.1, 0.15) is 0 Å². The van der Waals surface area contributed by atoms with E-state index in [0.717, 1.165) is 19.3 Å². The summed E-state index contributed by atoms with van der Waals surface area (Å²) in [5.41, 5.74) is -0.408. The monoisotopic (exact) mass is 278 g/mol. The molecular weight excluding hydrogens is 252 g/mol. The van der Waals surface area contributed by atoms with Gasteiger partial charge in [0.2, 0.25) is 0 Å². The van der Waals surface area contributed by atoms with Crippen molar-refractivity contribution in [3.8, 4) is 0 Å². The lowest BCUT2D eigenvalue weighted by Gasteiger charge is -2.64.